The number of amides is 1. The van der Waals surface area contributed by atoms with Gasteiger partial charge in [0, 0.05) is 24.0 Å². The van der Waals surface area contributed by atoms with E-state index in [0.717, 1.165) is 47.2 Å². The maximum absolute atomic E-state index is 13.0. The molecule has 3 heteroatoms. The maximum Gasteiger partial charge on any atom is 0.254 e. The minimum atomic E-state index is 0.104. The maximum atomic E-state index is 13.0. The minimum Gasteiger partial charge on any atom is -0.338 e. The number of hydrogen-bond acceptors (Lipinski definition) is 2. The van der Waals surface area contributed by atoms with E-state index in [2.05, 4.69) is 36.4 Å². The molecule has 0 unspecified atom stereocenters. The Morgan fingerprint density at radius 2 is 1.39 bits per heavy atom. The number of pyridine rings is 1. The van der Waals surface area contributed by atoms with E-state index >= 15 is 0 Å². The molecular weight excluding hydrogens is 344 g/mol. The summed E-state index contributed by atoms with van der Waals surface area (Å²) in [5, 5.41) is 0.920. The molecule has 0 radical (unpaired) electrons. The Morgan fingerprint density at radius 3 is 2.11 bits per heavy atom. The first-order valence-corrected chi connectivity index (χ1v) is 9.64. The van der Waals surface area contributed by atoms with Gasteiger partial charge in [0.1, 0.15) is 0 Å². The number of carbonyl (C=O) groups excluding carboxylic acids is 1. The molecule has 136 valence electrons. The van der Waals surface area contributed by atoms with E-state index in [1.165, 1.54) is 11.1 Å². The zero-order valence-corrected chi connectivity index (χ0v) is 15.5. The zero-order valence-electron chi connectivity index (χ0n) is 15.5. The number of fused-ring (bicyclic) bond motifs is 1. The van der Waals surface area contributed by atoms with Gasteiger partial charge in [0.05, 0.1) is 16.8 Å². The summed E-state index contributed by atoms with van der Waals surface area (Å²) in [6, 6.07) is 28.5. The number of para-hydroxylation sites is 1. The lowest BCUT2D eigenvalue weighted by atomic mass is 10.00. The fraction of sp³-hybridized carbons (Fsp3) is 0.120. The lowest BCUT2D eigenvalue weighted by Crippen LogP contribution is -2.42. The van der Waals surface area contributed by atoms with Crippen LogP contribution in [-0.2, 0) is 0 Å². The summed E-state index contributed by atoms with van der Waals surface area (Å²) in [4.78, 5) is 19.7. The van der Waals surface area contributed by atoms with Gasteiger partial charge < -0.3 is 4.90 Å². The third kappa shape index (κ3) is 2.95. The third-order valence-corrected chi connectivity index (χ3v) is 5.38. The quantitative estimate of drug-likeness (QED) is 0.487. The molecule has 28 heavy (non-hydrogen) atoms. The molecule has 2 heterocycles. The highest BCUT2D eigenvalue weighted by Gasteiger charge is 2.24. The second kappa shape index (κ2) is 6.93. The van der Waals surface area contributed by atoms with Crippen molar-refractivity contribution < 1.29 is 4.79 Å². The first-order valence-electron chi connectivity index (χ1n) is 9.64. The van der Waals surface area contributed by atoms with Crippen LogP contribution in [0.25, 0.3) is 33.3 Å². The van der Waals surface area contributed by atoms with Crippen molar-refractivity contribution in [3.05, 3.63) is 90.5 Å². The first kappa shape index (κ1) is 16.7. The Kier molecular flexibility index (Phi) is 4.13. The van der Waals surface area contributed by atoms with Gasteiger partial charge in [-0.3, -0.25) is 4.79 Å². The number of nitrogens with zero attached hydrogens (tertiary/aromatic N) is 2. The third-order valence-electron chi connectivity index (χ3n) is 5.38. The summed E-state index contributed by atoms with van der Waals surface area (Å²) < 4.78 is 0. The van der Waals surface area contributed by atoms with Crippen molar-refractivity contribution in [3.63, 3.8) is 0 Å². The predicted molar refractivity (Wildman–Crippen MR) is 113 cm³/mol. The number of hydrogen-bond donors (Lipinski definition) is 0. The van der Waals surface area contributed by atoms with Gasteiger partial charge in [-0.1, -0.05) is 72.8 Å². The van der Waals surface area contributed by atoms with E-state index in [1.54, 1.807) is 0 Å². The molecule has 0 bridgehead atoms. The predicted octanol–water partition coefficient (Wildman–Crippen LogP) is 5.41. The summed E-state index contributed by atoms with van der Waals surface area (Å²) in [5.74, 6) is 0.104. The van der Waals surface area contributed by atoms with Crippen LogP contribution in [0.1, 0.15) is 16.8 Å². The highest BCUT2D eigenvalue weighted by molar-refractivity contribution is 6.07. The molecule has 5 rings (SSSR count). The molecule has 0 saturated carbocycles. The molecule has 1 aliphatic heterocycles. The lowest BCUT2D eigenvalue weighted by Gasteiger charge is -2.31. The monoisotopic (exact) mass is 364 g/mol. The highest BCUT2D eigenvalue weighted by Crippen LogP contribution is 2.28. The average Bonchev–Trinajstić information content (AvgIpc) is 2.72. The molecule has 3 aromatic carbocycles. The molecule has 0 spiro atoms. The SMILES string of the molecule is O=C(c1cc(-c2ccc(-c3ccccc3)cc2)nc2ccccc12)N1CCC1. The van der Waals surface area contributed by atoms with Crippen LogP contribution in [0.5, 0.6) is 0 Å². The summed E-state index contributed by atoms with van der Waals surface area (Å²) >= 11 is 0. The lowest BCUT2D eigenvalue weighted by molar-refractivity contribution is 0.0654. The number of aromatic nitrogens is 1. The standard InChI is InChI=1S/C25H20N2O/c28-25(27-15-6-16-27)22-17-24(26-23-10-5-4-9-21(22)23)20-13-11-19(12-14-20)18-7-2-1-3-8-18/h1-5,7-14,17H,6,15-16H2. The molecule has 0 N–H and O–H groups in total. The average molecular weight is 364 g/mol. The minimum absolute atomic E-state index is 0.104. The fourth-order valence-corrected chi connectivity index (χ4v) is 3.65. The van der Waals surface area contributed by atoms with Crippen molar-refractivity contribution in [2.75, 3.05) is 13.1 Å². The van der Waals surface area contributed by atoms with E-state index < -0.39 is 0 Å². The van der Waals surface area contributed by atoms with Gasteiger partial charge in [-0.25, -0.2) is 4.98 Å². The Balaban J connectivity index is 1.58. The van der Waals surface area contributed by atoms with Crippen molar-refractivity contribution >= 4 is 16.8 Å². The molecule has 1 fully saturated rings. The molecule has 3 nitrogen and oxygen atoms in total. The molecule has 1 saturated heterocycles. The highest BCUT2D eigenvalue weighted by atomic mass is 16.2. The van der Waals surface area contributed by atoms with Crippen LogP contribution in [0.15, 0.2) is 84.9 Å². The Morgan fingerprint density at radius 1 is 0.750 bits per heavy atom. The van der Waals surface area contributed by atoms with Crippen molar-refractivity contribution in [1.82, 2.24) is 9.88 Å². The van der Waals surface area contributed by atoms with Crippen LogP contribution in [-0.4, -0.2) is 28.9 Å². The van der Waals surface area contributed by atoms with Crippen molar-refractivity contribution in [3.8, 4) is 22.4 Å². The molecule has 0 atom stereocenters. The topological polar surface area (TPSA) is 33.2 Å². The van der Waals surface area contributed by atoms with Crippen molar-refractivity contribution in [2.45, 2.75) is 6.42 Å². The van der Waals surface area contributed by atoms with Crippen LogP contribution in [0, 0.1) is 0 Å². The van der Waals surface area contributed by atoms with Crippen molar-refractivity contribution in [2.24, 2.45) is 0 Å². The van der Waals surface area contributed by atoms with Gasteiger partial charge in [0.15, 0.2) is 0 Å². The second-order valence-corrected chi connectivity index (χ2v) is 7.16. The fourth-order valence-electron chi connectivity index (χ4n) is 3.65. The van der Waals surface area contributed by atoms with Gasteiger partial charge >= 0.3 is 0 Å². The van der Waals surface area contributed by atoms with Crippen LogP contribution in [0.4, 0.5) is 0 Å². The molecule has 4 aromatic rings. The van der Waals surface area contributed by atoms with Crippen LogP contribution < -0.4 is 0 Å². The van der Waals surface area contributed by atoms with Gasteiger partial charge in [-0.2, -0.15) is 0 Å². The first-order chi connectivity index (χ1) is 13.8. The number of likely N-dealkylation sites (tertiary alicyclic amines) is 1. The summed E-state index contributed by atoms with van der Waals surface area (Å²) in [6.07, 6.45) is 1.09. The Hall–Kier alpha value is -3.46. The Bertz CT molecular complexity index is 1150. The van der Waals surface area contributed by atoms with Crippen molar-refractivity contribution in [1.29, 1.82) is 0 Å². The van der Waals surface area contributed by atoms with E-state index in [-0.39, 0.29) is 5.91 Å². The van der Waals surface area contributed by atoms with E-state index in [1.807, 2.05) is 53.4 Å². The normalized spacial score (nSPS) is 13.4. The largest absolute Gasteiger partial charge is 0.338 e. The summed E-state index contributed by atoms with van der Waals surface area (Å²) in [6.45, 7) is 1.69. The van der Waals surface area contributed by atoms with Crippen LogP contribution in [0.2, 0.25) is 0 Å². The van der Waals surface area contributed by atoms with E-state index in [0.29, 0.717) is 0 Å². The molecular formula is C25H20N2O. The smallest absolute Gasteiger partial charge is 0.254 e. The number of rotatable bonds is 3. The molecule has 0 aliphatic carbocycles. The van der Waals surface area contributed by atoms with Crippen LogP contribution in [0.3, 0.4) is 0 Å². The number of benzene rings is 3. The summed E-state index contributed by atoms with van der Waals surface area (Å²) in [7, 11) is 0. The van der Waals surface area contributed by atoms with Gasteiger partial charge in [-0.05, 0) is 29.7 Å². The van der Waals surface area contributed by atoms with Crippen LogP contribution >= 0.6 is 0 Å². The van der Waals surface area contributed by atoms with E-state index in [9.17, 15) is 4.79 Å². The van der Waals surface area contributed by atoms with Gasteiger partial charge in [0.2, 0.25) is 0 Å². The van der Waals surface area contributed by atoms with E-state index in [4.69, 9.17) is 4.98 Å². The Labute approximate surface area is 164 Å². The van der Waals surface area contributed by atoms with Gasteiger partial charge in [0.25, 0.3) is 5.91 Å². The molecule has 1 aromatic heterocycles. The second-order valence-electron chi connectivity index (χ2n) is 7.16. The molecule has 1 aliphatic rings. The summed E-state index contributed by atoms with van der Waals surface area (Å²) in [5.41, 5.74) is 5.81. The van der Waals surface area contributed by atoms with Gasteiger partial charge in [-0.15, -0.1) is 0 Å². The molecule has 1 amide bonds. The zero-order chi connectivity index (χ0) is 18.9. The number of carbonyl (C=O) groups is 1.